The summed E-state index contributed by atoms with van der Waals surface area (Å²) >= 11 is 0. The van der Waals surface area contributed by atoms with Gasteiger partial charge in [0, 0.05) is 32.3 Å². The lowest BCUT2D eigenvalue weighted by atomic mass is 10.1. The van der Waals surface area contributed by atoms with Gasteiger partial charge in [0.15, 0.2) is 5.69 Å². The van der Waals surface area contributed by atoms with E-state index >= 15 is 0 Å². The molecule has 0 bridgehead atoms. The molecule has 1 saturated carbocycles. The highest BCUT2D eigenvalue weighted by Crippen LogP contribution is 2.40. The van der Waals surface area contributed by atoms with Crippen LogP contribution < -0.4 is 0 Å². The van der Waals surface area contributed by atoms with Crippen LogP contribution in [0.1, 0.15) is 60.8 Å². The molecule has 1 atom stereocenters. The molecule has 2 aromatic rings. The first-order chi connectivity index (χ1) is 11.7. The third-order valence-electron chi connectivity index (χ3n) is 5.13. The summed E-state index contributed by atoms with van der Waals surface area (Å²) in [5.74, 6) is 1.57. The van der Waals surface area contributed by atoms with Gasteiger partial charge in [-0.1, -0.05) is 6.07 Å². The number of imidazole rings is 1. The Balaban J connectivity index is 1.50. The van der Waals surface area contributed by atoms with E-state index in [1.165, 1.54) is 19.3 Å². The van der Waals surface area contributed by atoms with Crippen LogP contribution in [0.5, 0.6) is 0 Å². The maximum Gasteiger partial charge on any atom is 0.274 e. The van der Waals surface area contributed by atoms with Crippen LogP contribution in [-0.4, -0.2) is 46.5 Å². The fourth-order valence-corrected chi connectivity index (χ4v) is 3.50. The van der Waals surface area contributed by atoms with Gasteiger partial charge in [-0.15, -0.1) is 0 Å². The van der Waals surface area contributed by atoms with Gasteiger partial charge >= 0.3 is 0 Å². The first kappa shape index (κ1) is 15.6. The Morgan fingerprint density at radius 1 is 1.33 bits per heavy atom. The van der Waals surface area contributed by atoms with E-state index in [2.05, 4.69) is 4.40 Å². The molecule has 1 unspecified atom stereocenters. The van der Waals surface area contributed by atoms with Crippen molar-refractivity contribution in [2.24, 2.45) is 0 Å². The third-order valence-corrected chi connectivity index (χ3v) is 5.13. The van der Waals surface area contributed by atoms with Crippen molar-refractivity contribution >= 4 is 11.4 Å². The molecule has 0 N–H and O–H groups in total. The molecule has 1 amide bonds. The van der Waals surface area contributed by atoms with E-state index in [9.17, 15) is 4.79 Å². The molecule has 24 heavy (non-hydrogen) atoms. The summed E-state index contributed by atoms with van der Waals surface area (Å²) in [5.41, 5.74) is 1.51. The van der Waals surface area contributed by atoms with Gasteiger partial charge in [0.05, 0.1) is 11.6 Å². The fourth-order valence-electron chi connectivity index (χ4n) is 3.50. The molecule has 0 radical (unpaired) electrons. The number of hydrogen-bond acceptors (Lipinski definition) is 3. The molecule has 5 heteroatoms. The molecule has 0 aromatic carbocycles. The standard InChI is InChI=1S/C19H25N3O2/c1-21(12-10-15-6-3-5-13-24-15)19(23)17-16-7-2-4-11-22(16)18(20-17)14-8-9-14/h2,4,7,11,14-15H,3,5-6,8-10,12-13H2,1H3. The van der Waals surface area contributed by atoms with Gasteiger partial charge in [-0.25, -0.2) is 4.98 Å². The summed E-state index contributed by atoms with van der Waals surface area (Å²) in [6, 6.07) is 5.96. The van der Waals surface area contributed by atoms with Gasteiger partial charge in [-0.2, -0.15) is 0 Å². The van der Waals surface area contributed by atoms with Crippen molar-refractivity contribution in [2.75, 3.05) is 20.2 Å². The topological polar surface area (TPSA) is 46.8 Å². The van der Waals surface area contributed by atoms with Gasteiger partial charge in [-0.05, 0) is 50.7 Å². The normalized spacial score (nSPS) is 21.1. The van der Waals surface area contributed by atoms with E-state index in [0.29, 0.717) is 24.3 Å². The molecule has 3 heterocycles. The number of pyridine rings is 1. The number of ether oxygens (including phenoxy) is 1. The van der Waals surface area contributed by atoms with E-state index in [-0.39, 0.29) is 5.91 Å². The highest BCUT2D eigenvalue weighted by Gasteiger charge is 2.31. The minimum Gasteiger partial charge on any atom is -0.378 e. The average Bonchev–Trinajstić information content (AvgIpc) is 3.40. The summed E-state index contributed by atoms with van der Waals surface area (Å²) in [6.45, 7) is 1.58. The number of aromatic nitrogens is 2. The number of amides is 1. The highest BCUT2D eigenvalue weighted by molar-refractivity contribution is 5.99. The van der Waals surface area contributed by atoms with Gasteiger partial charge in [0.2, 0.25) is 0 Å². The van der Waals surface area contributed by atoms with Crippen molar-refractivity contribution < 1.29 is 9.53 Å². The Bertz CT molecular complexity index is 729. The fraction of sp³-hybridized carbons (Fsp3) is 0.579. The molecule has 1 saturated heterocycles. The number of carbonyl (C=O) groups is 1. The molecular formula is C19H25N3O2. The molecule has 1 aliphatic carbocycles. The summed E-state index contributed by atoms with van der Waals surface area (Å²) in [7, 11) is 1.87. The monoisotopic (exact) mass is 327 g/mol. The SMILES string of the molecule is CN(CCC1CCCCO1)C(=O)c1nc(C2CC2)n2ccccc12. The van der Waals surface area contributed by atoms with Crippen molar-refractivity contribution in [3.63, 3.8) is 0 Å². The molecule has 2 aliphatic rings. The molecule has 5 nitrogen and oxygen atoms in total. The smallest absolute Gasteiger partial charge is 0.274 e. The van der Waals surface area contributed by atoms with Crippen molar-refractivity contribution in [1.29, 1.82) is 0 Å². The van der Waals surface area contributed by atoms with Gasteiger partial charge < -0.3 is 14.0 Å². The van der Waals surface area contributed by atoms with Crippen molar-refractivity contribution in [1.82, 2.24) is 14.3 Å². The maximum atomic E-state index is 12.9. The number of fused-ring (bicyclic) bond motifs is 1. The van der Waals surface area contributed by atoms with E-state index in [0.717, 1.165) is 37.2 Å². The first-order valence-electron chi connectivity index (χ1n) is 9.08. The summed E-state index contributed by atoms with van der Waals surface area (Å²) < 4.78 is 7.86. The van der Waals surface area contributed by atoms with Gasteiger partial charge in [-0.3, -0.25) is 4.79 Å². The Morgan fingerprint density at radius 3 is 2.96 bits per heavy atom. The van der Waals surface area contributed by atoms with Gasteiger partial charge in [0.1, 0.15) is 5.82 Å². The van der Waals surface area contributed by atoms with Crippen molar-refractivity contribution in [2.45, 2.75) is 50.5 Å². The zero-order chi connectivity index (χ0) is 16.5. The number of nitrogens with zero attached hydrogens (tertiary/aromatic N) is 3. The van der Waals surface area contributed by atoms with E-state index in [4.69, 9.17) is 9.72 Å². The van der Waals surface area contributed by atoms with E-state index < -0.39 is 0 Å². The quantitative estimate of drug-likeness (QED) is 0.847. The Morgan fingerprint density at radius 2 is 2.21 bits per heavy atom. The first-order valence-corrected chi connectivity index (χ1v) is 9.08. The molecule has 0 spiro atoms. The molecule has 4 rings (SSSR count). The summed E-state index contributed by atoms with van der Waals surface area (Å²) in [6.07, 6.45) is 9.09. The van der Waals surface area contributed by atoms with Crippen LogP contribution in [0.2, 0.25) is 0 Å². The lowest BCUT2D eigenvalue weighted by Crippen LogP contribution is -2.31. The lowest BCUT2D eigenvalue weighted by Gasteiger charge is -2.25. The van der Waals surface area contributed by atoms with Gasteiger partial charge in [0.25, 0.3) is 5.91 Å². The van der Waals surface area contributed by atoms with E-state index in [1.54, 1.807) is 4.90 Å². The minimum absolute atomic E-state index is 0.0152. The van der Waals surface area contributed by atoms with Crippen LogP contribution in [0.25, 0.3) is 5.52 Å². The van der Waals surface area contributed by atoms with Crippen LogP contribution in [0.4, 0.5) is 0 Å². The minimum atomic E-state index is 0.0152. The van der Waals surface area contributed by atoms with Crippen LogP contribution >= 0.6 is 0 Å². The van der Waals surface area contributed by atoms with Crippen LogP contribution in [0, 0.1) is 0 Å². The Hall–Kier alpha value is -1.88. The second-order valence-electron chi connectivity index (χ2n) is 7.05. The number of hydrogen-bond donors (Lipinski definition) is 0. The second-order valence-corrected chi connectivity index (χ2v) is 7.05. The predicted octanol–water partition coefficient (Wildman–Crippen LogP) is 3.24. The second kappa shape index (κ2) is 6.55. The zero-order valence-corrected chi connectivity index (χ0v) is 14.3. The predicted molar refractivity (Wildman–Crippen MR) is 92.3 cm³/mol. The average molecular weight is 327 g/mol. The largest absolute Gasteiger partial charge is 0.378 e. The lowest BCUT2D eigenvalue weighted by molar-refractivity contribution is 0.00707. The summed E-state index contributed by atoms with van der Waals surface area (Å²) in [5, 5.41) is 0. The van der Waals surface area contributed by atoms with Crippen LogP contribution in [-0.2, 0) is 4.74 Å². The van der Waals surface area contributed by atoms with Crippen LogP contribution in [0.15, 0.2) is 24.4 Å². The molecule has 2 aromatic heterocycles. The maximum absolute atomic E-state index is 12.9. The highest BCUT2D eigenvalue weighted by atomic mass is 16.5. The summed E-state index contributed by atoms with van der Waals surface area (Å²) in [4.78, 5) is 19.4. The molecule has 1 aliphatic heterocycles. The van der Waals surface area contributed by atoms with Crippen molar-refractivity contribution in [3.8, 4) is 0 Å². The Labute approximate surface area is 142 Å². The zero-order valence-electron chi connectivity index (χ0n) is 14.3. The van der Waals surface area contributed by atoms with E-state index in [1.807, 2.05) is 31.4 Å². The number of rotatable bonds is 5. The molecule has 2 fully saturated rings. The Kier molecular flexibility index (Phi) is 4.27. The van der Waals surface area contributed by atoms with Crippen LogP contribution in [0.3, 0.4) is 0 Å². The van der Waals surface area contributed by atoms with Crippen molar-refractivity contribution in [3.05, 3.63) is 35.9 Å². The number of carbonyl (C=O) groups excluding carboxylic acids is 1. The molecular weight excluding hydrogens is 302 g/mol. The molecule has 128 valence electrons. The third kappa shape index (κ3) is 3.05.